The maximum atomic E-state index is 13.1. The molecule has 1 fully saturated rings. The van der Waals surface area contributed by atoms with Gasteiger partial charge in [0.2, 0.25) is 11.8 Å². The van der Waals surface area contributed by atoms with Crippen molar-refractivity contribution >= 4 is 46.4 Å². The Morgan fingerprint density at radius 3 is 2.73 bits per heavy atom. The van der Waals surface area contributed by atoms with E-state index in [4.69, 9.17) is 21.3 Å². The highest BCUT2D eigenvalue weighted by Gasteiger charge is 2.40. The molecule has 0 saturated carbocycles. The second kappa shape index (κ2) is 13.9. The number of carbonyl (C=O) groups is 3. The van der Waals surface area contributed by atoms with E-state index in [1.807, 2.05) is 48.1 Å². The number of hydrogen-bond donors (Lipinski definition) is 1. The molecule has 3 aliphatic heterocycles. The molecule has 52 heavy (non-hydrogen) atoms. The average Bonchev–Trinajstić information content (AvgIpc) is 3.88. The summed E-state index contributed by atoms with van der Waals surface area (Å²) in [5.74, 6) is 7.98. The van der Waals surface area contributed by atoms with E-state index in [1.54, 1.807) is 29.7 Å². The summed E-state index contributed by atoms with van der Waals surface area (Å²) >= 11 is 7.80. The van der Waals surface area contributed by atoms with Crippen LogP contribution in [0, 0.1) is 25.7 Å². The van der Waals surface area contributed by atoms with Crippen LogP contribution in [-0.2, 0) is 29.2 Å². The van der Waals surface area contributed by atoms with E-state index in [1.165, 1.54) is 4.90 Å². The first-order valence-electron chi connectivity index (χ1n) is 17.0. The summed E-state index contributed by atoms with van der Waals surface area (Å²) in [5, 5.41) is 17.2. The second-order valence-corrected chi connectivity index (χ2v) is 14.3. The van der Waals surface area contributed by atoms with Crippen molar-refractivity contribution in [3.05, 3.63) is 110 Å². The molecular weight excluding hydrogens is 700 g/mol. The summed E-state index contributed by atoms with van der Waals surface area (Å²) in [4.78, 5) is 44.6. The molecule has 5 aromatic rings. The smallest absolute Gasteiger partial charge is 0.255 e. The van der Waals surface area contributed by atoms with Crippen molar-refractivity contribution in [1.82, 2.24) is 34.8 Å². The Morgan fingerprint density at radius 2 is 1.90 bits per heavy atom. The van der Waals surface area contributed by atoms with Gasteiger partial charge in [-0.2, -0.15) is 5.10 Å². The van der Waals surface area contributed by atoms with Crippen molar-refractivity contribution in [3.8, 4) is 22.6 Å². The van der Waals surface area contributed by atoms with Gasteiger partial charge in [0.1, 0.15) is 29.2 Å². The Morgan fingerprint density at radius 1 is 1.06 bits per heavy atom. The number of halogens is 1. The number of nitrogens with zero attached hydrogens (tertiary/aromatic N) is 7. The molecule has 1 N–H and O–H groups in total. The molecule has 0 spiro atoms. The van der Waals surface area contributed by atoms with Crippen molar-refractivity contribution in [2.24, 2.45) is 4.99 Å². The lowest BCUT2D eigenvalue weighted by Crippen LogP contribution is -2.52. The number of aliphatic imine (C=N–C) groups is 1. The maximum Gasteiger partial charge on any atom is 0.255 e. The Kier molecular flexibility index (Phi) is 8.94. The number of benzene rings is 2. The standard InChI is InChI=1S/C38H33ClN8O4S/c1-22-31(52-38-34(22)35(25-9-11-26(39)12-10-25)40-19-32-44-43-23(2)47(32)38)14-8-24-18-41-45(20-24)16-3-4-17-51-30-7-5-6-27-28(30)21-46(37(27)50)29-13-15-33(48)42-36(29)49/h5-7,9-12,18,20,29H,3-4,13,15-17,19,21H2,1-2H3,(H,42,48,49). The minimum atomic E-state index is -0.659. The number of hydrogen-bond acceptors (Lipinski definition) is 9. The van der Waals surface area contributed by atoms with Crippen molar-refractivity contribution in [1.29, 1.82) is 0 Å². The average molecular weight is 733 g/mol. The molecule has 3 aromatic heterocycles. The summed E-state index contributed by atoms with van der Waals surface area (Å²) < 4.78 is 10.1. The van der Waals surface area contributed by atoms with Crippen molar-refractivity contribution in [2.75, 3.05) is 6.61 Å². The first-order valence-corrected chi connectivity index (χ1v) is 18.2. The fraction of sp³-hybridized carbons (Fsp3) is 0.289. The molecule has 1 atom stereocenters. The number of amides is 3. The zero-order valence-corrected chi connectivity index (χ0v) is 30.1. The highest BCUT2D eigenvalue weighted by atomic mass is 35.5. The van der Waals surface area contributed by atoms with Crippen LogP contribution in [0.4, 0.5) is 0 Å². The lowest BCUT2D eigenvalue weighted by molar-refractivity contribution is -0.136. The number of thiophene rings is 1. The molecular formula is C38H33ClN8O4S. The van der Waals surface area contributed by atoms with Crippen LogP contribution in [0.5, 0.6) is 5.75 Å². The largest absolute Gasteiger partial charge is 0.493 e. The Bertz CT molecular complexity index is 2350. The molecule has 14 heteroatoms. The van der Waals surface area contributed by atoms with Gasteiger partial charge in [0, 0.05) is 46.4 Å². The summed E-state index contributed by atoms with van der Waals surface area (Å²) in [6.07, 6.45) is 5.87. The number of rotatable bonds is 8. The zero-order valence-electron chi connectivity index (χ0n) is 28.5. The number of piperidine rings is 1. The third-order valence-electron chi connectivity index (χ3n) is 9.49. The van der Waals surface area contributed by atoms with Crippen molar-refractivity contribution < 1.29 is 19.1 Å². The van der Waals surface area contributed by atoms with E-state index >= 15 is 0 Å². The van der Waals surface area contributed by atoms with E-state index in [0.717, 1.165) is 67.9 Å². The van der Waals surface area contributed by atoms with Crippen LogP contribution in [0.25, 0.3) is 5.00 Å². The van der Waals surface area contributed by atoms with Gasteiger partial charge in [-0.3, -0.25) is 33.9 Å². The first-order chi connectivity index (χ1) is 25.2. The highest BCUT2D eigenvalue weighted by Crippen LogP contribution is 2.37. The van der Waals surface area contributed by atoms with Gasteiger partial charge in [0.25, 0.3) is 5.91 Å². The third-order valence-corrected chi connectivity index (χ3v) is 10.9. The summed E-state index contributed by atoms with van der Waals surface area (Å²) in [6, 6.07) is 12.5. The van der Waals surface area contributed by atoms with Crippen molar-refractivity contribution in [3.63, 3.8) is 0 Å². The zero-order chi connectivity index (χ0) is 35.9. The quantitative estimate of drug-likeness (QED) is 0.132. The summed E-state index contributed by atoms with van der Waals surface area (Å²) in [5.41, 5.74) is 6.06. The molecule has 3 amide bonds. The Balaban J connectivity index is 0.906. The predicted octanol–water partition coefficient (Wildman–Crippen LogP) is 5.17. The monoisotopic (exact) mass is 732 g/mol. The molecule has 8 rings (SSSR count). The predicted molar refractivity (Wildman–Crippen MR) is 195 cm³/mol. The number of imide groups is 1. The minimum absolute atomic E-state index is 0.215. The molecule has 6 heterocycles. The number of aromatic nitrogens is 5. The van der Waals surface area contributed by atoms with Crippen LogP contribution in [0.1, 0.15) is 80.4 Å². The molecule has 0 radical (unpaired) electrons. The van der Waals surface area contributed by atoms with Gasteiger partial charge < -0.3 is 9.64 Å². The van der Waals surface area contributed by atoms with Gasteiger partial charge in [-0.15, -0.1) is 21.5 Å². The fourth-order valence-corrected chi connectivity index (χ4v) is 8.19. The number of aryl methyl sites for hydroxylation is 2. The van der Waals surface area contributed by atoms with Crippen LogP contribution in [0.15, 0.2) is 59.9 Å². The molecule has 0 bridgehead atoms. The van der Waals surface area contributed by atoms with E-state index in [0.29, 0.717) is 42.5 Å². The van der Waals surface area contributed by atoms with Crippen LogP contribution in [-0.4, -0.2) is 65.5 Å². The highest BCUT2D eigenvalue weighted by molar-refractivity contribution is 7.15. The molecule has 1 saturated heterocycles. The van der Waals surface area contributed by atoms with E-state index in [2.05, 4.69) is 43.9 Å². The summed E-state index contributed by atoms with van der Waals surface area (Å²) in [6.45, 7) is 5.89. The Hall–Kier alpha value is -5.58. The Labute approximate surface area is 308 Å². The topological polar surface area (TPSA) is 137 Å². The van der Waals surface area contributed by atoms with Gasteiger partial charge in [-0.05, 0) is 62.9 Å². The number of nitrogens with one attached hydrogen (secondary N) is 1. The molecule has 1 unspecified atom stereocenters. The van der Waals surface area contributed by atoms with Gasteiger partial charge in [-0.1, -0.05) is 41.6 Å². The molecule has 12 nitrogen and oxygen atoms in total. The second-order valence-electron chi connectivity index (χ2n) is 12.9. The molecule has 262 valence electrons. The number of fused-ring (bicyclic) bond motifs is 4. The van der Waals surface area contributed by atoms with Crippen LogP contribution < -0.4 is 10.1 Å². The van der Waals surface area contributed by atoms with Gasteiger partial charge in [0.15, 0.2) is 5.82 Å². The number of carbonyl (C=O) groups excluding carboxylic acids is 3. The lowest BCUT2D eigenvalue weighted by Gasteiger charge is -2.29. The maximum absolute atomic E-state index is 13.1. The molecule has 2 aromatic carbocycles. The van der Waals surface area contributed by atoms with Crippen LogP contribution >= 0.6 is 22.9 Å². The number of unbranched alkanes of at least 4 members (excludes halogenated alkanes) is 1. The van der Waals surface area contributed by atoms with E-state index in [9.17, 15) is 14.4 Å². The van der Waals surface area contributed by atoms with Gasteiger partial charge in [0.05, 0.1) is 35.5 Å². The third kappa shape index (κ3) is 6.29. The van der Waals surface area contributed by atoms with Crippen LogP contribution in [0.2, 0.25) is 5.02 Å². The van der Waals surface area contributed by atoms with Gasteiger partial charge >= 0.3 is 0 Å². The summed E-state index contributed by atoms with van der Waals surface area (Å²) in [7, 11) is 0. The lowest BCUT2D eigenvalue weighted by atomic mass is 10.00. The van der Waals surface area contributed by atoms with Crippen LogP contribution in [0.3, 0.4) is 0 Å². The molecule has 3 aliphatic rings. The van der Waals surface area contributed by atoms with E-state index < -0.39 is 11.9 Å². The normalized spacial score (nSPS) is 16.4. The SMILES string of the molecule is Cc1c(C#Cc2cnn(CCCCOc3cccc4c3CN(C3CCC(=O)NC3=O)C4=O)c2)sc2c1C(c1ccc(Cl)cc1)=NCc1nnc(C)n1-2. The fourth-order valence-electron chi connectivity index (χ4n) is 6.83. The minimum Gasteiger partial charge on any atom is -0.493 e. The van der Waals surface area contributed by atoms with E-state index in [-0.39, 0.29) is 24.8 Å². The molecule has 0 aliphatic carbocycles. The number of ether oxygens (including phenoxy) is 1. The van der Waals surface area contributed by atoms with Crippen molar-refractivity contribution in [2.45, 2.75) is 65.2 Å². The first kappa shape index (κ1) is 33.6. The van der Waals surface area contributed by atoms with Gasteiger partial charge in [-0.25, -0.2) is 0 Å².